The third kappa shape index (κ3) is 7.60. The van der Waals surface area contributed by atoms with E-state index in [2.05, 4.69) is 55.3 Å². The van der Waals surface area contributed by atoms with Crippen LogP contribution in [-0.2, 0) is 13.1 Å². The molecule has 1 aromatic heterocycles. The van der Waals surface area contributed by atoms with Gasteiger partial charge in [-0.1, -0.05) is 25.0 Å². The molecular formula is C15H31N5. The van der Waals surface area contributed by atoms with Gasteiger partial charge >= 0.3 is 0 Å². The SMILES string of the molecule is CCCCCN(C)CCn1cc(CNC(C)(C)C)nn1. The first-order valence-corrected chi connectivity index (χ1v) is 7.73. The van der Waals surface area contributed by atoms with Gasteiger partial charge in [-0.3, -0.25) is 4.68 Å². The molecule has 0 spiro atoms. The largest absolute Gasteiger partial charge is 0.306 e. The summed E-state index contributed by atoms with van der Waals surface area (Å²) in [7, 11) is 2.18. The van der Waals surface area contributed by atoms with Gasteiger partial charge in [-0.2, -0.15) is 0 Å². The Hall–Kier alpha value is -0.940. The second kappa shape index (κ2) is 8.37. The van der Waals surface area contributed by atoms with Crippen LogP contribution in [0.15, 0.2) is 6.20 Å². The molecule has 5 heteroatoms. The number of likely N-dealkylation sites (N-methyl/N-ethyl adjacent to an activating group) is 1. The van der Waals surface area contributed by atoms with Crippen molar-refractivity contribution in [2.75, 3.05) is 20.1 Å². The summed E-state index contributed by atoms with van der Waals surface area (Å²) < 4.78 is 1.94. The van der Waals surface area contributed by atoms with Crippen molar-refractivity contribution >= 4 is 0 Å². The molecule has 1 heterocycles. The van der Waals surface area contributed by atoms with Crippen molar-refractivity contribution in [2.45, 2.75) is 65.6 Å². The highest BCUT2D eigenvalue weighted by molar-refractivity contribution is 4.93. The summed E-state index contributed by atoms with van der Waals surface area (Å²) in [6.45, 7) is 12.6. The van der Waals surface area contributed by atoms with Gasteiger partial charge in [-0.05, 0) is 40.8 Å². The Morgan fingerprint density at radius 3 is 2.65 bits per heavy atom. The second-order valence-corrected chi connectivity index (χ2v) is 6.59. The highest BCUT2D eigenvalue weighted by atomic mass is 15.4. The van der Waals surface area contributed by atoms with Gasteiger partial charge in [0.1, 0.15) is 0 Å². The molecule has 1 rings (SSSR count). The summed E-state index contributed by atoms with van der Waals surface area (Å²) >= 11 is 0. The fraction of sp³-hybridized carbons (Fsp3) is 0.867. The lowest BCUT2D eigenvalue weighted by atomic mass is 10.1. The fourth-order valence-corrected chi connectivity index (χ4v) is 1.90. The van der Waals surface area contributed by atoms with Crippen molar-refractivity contribution in [3.05, 3.63) is 11.9 Å². The molecule has 0 saturated carbocycles. The summed E-state index contributed by atoms with van der Waals surface area (Å²) in [4.78, 5) is 2.37. The zero-order chi connectivity index (χ0) is 15.0. The van der Waals surface area contributed by atoms with Crippen molar-refractivity contribution in [3.8, 4) is 0 Å². The number of hydrogen-bond donors (Lipinski definition) is 1. The van der Waals surface area contributed by atoms with E-state index < -0.39 is 0 Å². The van der Waals surface area contributed by atoms with E-state index in [1.165, 1.54) is 25.8 Å². The van der Waals surface area contributed by atoms with Gasteiger partial charge in [0.25, 0.3) is 0 Å². The number of rotatable bonds is 9. The summed E-state index contributed by atoms with van der Waals surface area (Å²) in [5.74, 6) is 0. The molecule has 0 aliphatic rings. The first-order valence-electron chi connectivity index (χ1n) is 7.73. The number of nitrogens with zero attached hydrogens (tertiary/aromatic N) is 4. The van der Waals surface area contributed by atoms with E-state index in [0.717, 1.165) is 25.3 Å². The van der Waals surface area contributed by atoms with Crippen LogP contribution >= 0.6 is 0 Å². The van der Waals surface area contributed by atoms with Gasteiger partial charge in [0, 0.05) is 24.8 Å². The third-order valence-electron chi connectivity index (χ3n) is 3.24. The number of nitrogens with one attached hydrogen (secondary N) is 1. The van der Waals surface area contributed by atoms with Gasteiger partial charge in [0.05, 0.1) is 12.2 Å². The first-order chi connectivity index (χ1) is 9.40. The van der Waals surface area contributed by atoms with E-state index in [4.69, 9.17) is 0 Å². The molecule has 0 aliphatic carbocycles. The molecule has 0 bridgehead atoms. The summed E-state index contributed by atoms with van der Waals surface area (Å²) in [5.41, 5.74) is 1.12. The highest BCUT2D eigenvalue weighted by Crippen LogP contribution is 2.02. The van der Waals surface area contributed by atoms with Crippen molar-refractivity contribution in [2.24, 2.45) is 0 Å². The Bertz CT molecular complexity index is 367. The van der Waals surface area contributed by atoms with E-state index in [-0.39, 0.29) is 5.54 Å². The molecule has 0 amide bonds. The Balaban J connectivity index is 2.26. The predicted octanol–water partition coefficient (Wildman–Crippen LogP) is 2.29. The zero-order valence-corrected chi connectivity index (χ0v) is 13.8. The quantitative estimate of drug-likeness (QED) is 0.706. The van der Waals surface area contributed by atoms with Crippen LogP contribution in [0.1, 0.15) is 52.7 Å². The van der Waals surface area contributed by atoms with E-state index in [1.807, 2.05) is 10.9 Å². The molecule has 20 heavy (non-hydrogen) atoms. The van der Waals surface area contributed by atoms with E-state index >= 15 is 0 Å². The zero-order valence-electron chi connectivity index (χ0n) is 13.8. The molecule has 0 saturated heterocycles. The van der Waals surface area contributed by atoms with Gasteiger partial charge in [-0.25, -0.2) is 0 Å². The van der Waals surface area contributed by atoms with Gasteiger partial charge < -0.3 is 10.2 Å². The maximum absolute atomic E-state index is 4.20. The monoisotopic (exact) mass is 281 g/mol. The number of aromatic nitrogens is 3. The normalized spacial score (nSPS) is 12.3. The minimum atomic E-state index is 0.114. The third-order valence-corrected chi connectivity index (χ3v) is 3.24. The standard InChI is InChI=1S/C15H31N5/c1-6-7-8-9-19(5)10-11-20-13-14(17-18-20)12-16-15(2,3)4/h13,16H,6-12H2,1-5H3. The highest BCUT2D eigenvalue weighted by Gasteiger charge is 2.10. The van der Waals surface area contributed by atoms with Crippen LogP contribution < -0.4 is 5.32 Å². The number of unbranched alkanes of at least 4 members (excludes halogenated alkanes) is 2. The maximum atomic E-state index is 4.20. The van der Waals surface area contributed by atoms with Crippen LogP contribution in [0, 0.1) is 0 Å². The van der Waals surface area contributed by atoms with Crippen LogP contribution in [0.2, 0.25) is 0 Å². The van der Waals surface area contributed by atoms with Crippen LogP contribution in [0.4, 0.5) is 0 Å². The Kier molecular flexibility index (Phi) is 7.16. The second-order valence-electron chi connectivity index (χ2n) is 6.59. The molecule has 0 aliphatic heterocycles. The van der Waals surface area contributed by atoms with Crippen LogP contribution in [-0.4, -0.2) is 45.6 Å². The van der Waals surface area contributed by atoms with Crippen LogP contribution in [0.3, 0.4) is 0 Å². The van der Waals surface area contributed by atoms with Crippen molar-refractivity contribution < 1.29 is 0 Å². The minimum Gasteiger partial charge on any atom is -0.306 e. The molecule has 0 fully saturated rings. The summed E-state index contributed by atoms with van der Waals surface area (Å²) in [6, 6.07) is 0. The molecule has 5 nitrogen and oxygen atoms in total. The average Bonchev–Trinajstić information content (AvgIpc) is 2.81. The molecule has 0 unspecified atom stereocenters. The molecule has 1 N–H and O–H groups in total. The van der Waals surface area contributed by atoms with Crippen molar-refractivity contribution in [1.82, 2.24) is 25.2 Å². The lowest BCUT2D eigenvalue weighted by molar-refractivity contribution is 0.304. The van der Waals surface area contributed by atoms with Crippen LogP contribution in [0.5, 0.6) is 0 Å². The smallest absolute Gasteiger partial charge is 0.0965 e. The summed E-state index contributed by atoms with van der Waals surface area (Å²) in [6.07, 6.45) is 5.92. The topological polar surface area (TPSA) is 46.0 Å². The molecule has 0 radical (unpaired) electrons. The summed E-state index contributed by atoms with van der Waals surface area (Å²) in [5, 5.41) is 11.8. The maximum Gasteiger partial charge on any atom is 0.0965 e. The van der Waals surface area contributed by atoms with E-state index in [9.17, 15) is 0 Å². The lowest BCUT2D eigenvalue weighted by Crippen LogP contribution is -2.35. The molecule has 0 atom stereocenters. The Morgan fingerprint density at radius 2 is 2.00 bits per heavy atom. The van der Waals surface area contributed by atoms with Gasteiger partial charge in [0.15, 0.2) is 0 Å². The number of hydrogen-bond acceptors (Lipinski definition) is 4. The van der Waals surface area contributed by atoms with Crippen molar-refractivity contribution in [3.63, 3.8) is 0 Å². The molecule has 0 aromatic carbocycles. The van der Waals surface area contributed by atoms with Crippen molar-refractivity contribution in [1.29, 1.82) is 0 Å². The van der Waals surface area contributed by atoms with Gasteiger partial charge in [-0.15, -0.1) is 5.10 Å². The Morgan fingerprint density at radius 1 is 1.25 bits per heavy atom. The lowest BCUT2D eigenvalue weighted by Gasteiger charge is -2.19. The average molecular weight is 281 g/mol. The van der Waals surface area contributed by atoms with Crippen LogP contribution in [0.25, 0.3) is 0 Å². The minimum absolute atomic E-state index is 0.114. The molecule has 1 aromatic rings. The Labute approximate surface area is 123 Å². The van der Waals surface area contributed by atoms with E-state index in [0.29, 0.717) is 0 Å². The van der Waals surface area contributed by atoms with E-state index in [1.54, 1.807) is 0 Å². The first kappa shape index (κ1) is 17.1. The predicted molar refractivity (Wildman–Crippen MR) is 83.6 cm³/mol. The molecule has 116 valence electrons. The van der Waals surface area contributed by atoms with Gasteiger partial charge in [0.2, 0.25) is 0 Å². The fourth-order valence-electron chi connectivity index (χ4n) is 1.90. The molecular weight excluding hydrogens is 250 g/mol.